The monoisotopic (exact) mass is 670 g/mol. The Kier molecular flexibility index (Phi) is 6.88. The zero-order valence-corrected chi connectivity index (χ0v) is 25.5. The van der Waals surface area contributed by atoms with Crippen molar-refractivity contribution >= 4 is 56.5 Å². The lowest BCUT2D eigenvalue weighted by Crippen LogP contribution is -2.57. The maximum absolute atomic E-state index is 17.0. The highest BCUT2D eigenvalue weighted by Crippen LogP contribution is 2.48. The van der Waals surface area contributed by atoms with Gasteiger partial charge < -0.3 is 20.1 Å². The Balaban J connectivity index is 1.36. The Labute approximate surface area is 269 Å². The number of ether oxygens (including phenoxy) is 2. The van der Waals surface area contributed by atoms with Crippen molar-refractivity contribution in [2.75, 3.05) is 43.4 Å². The van der Waals surface area contributed by atoms with E-state index in [1.165, 1.54) is 0 Å². The molecular weight excluding hydrogens is 645 g/mol. The lowest BCUT2D eigenvalue weighted by atomic mass is 9.81. The van der Waals surface area contributed by atoms with E-state index in [9.17, 15) is 22.8 Å². The van der Waals surface area contributed by atoms with Gasteiger partial charge in [-0.15, -0.1) is 11.3 Å². The summed E-state index contributed by atoms with van der Waals surface area (Å²) in [7, 11) is 6.12. The molecule has 4 atom stereocenters. The normalized spacial score (nSPS) is 25.7. The van der Waals surface area contributed by atoms with Gasteiger partial charge in [0.1, 0.15) is 48.8 Å². The van der Waals surface area contributed by atoms with Crippen LogP contribution in [0, 0.1) is 23.0 Å². The van der Waals surface area contributed by atoms with E-state index in [0.717, 1.165) is 25.0 Å². The van der Waals surface area contributed by atoms with Crippen molar-refractivity contribution in [3.8, 4) is 23.2 Å². The number of alkyl halides is 4. The number of thiophene rings is 1. The quantitative estimate of drug-likeness (QED) is 0.234. The van der Waals surface area contributed by atoms with Crippen LogP contribution in [0.25, 0.3) is 32.1 Å². The second kappa shape index (κ2) is 10.6. The average molecular weight is 670 g/mol. The molecule has 2 aromatic heterocycles. The van der Waals surface area contributed by atoms with Crippen LogP contribution in [0.5, 0.6) is 6.01 Å². The van der Waals surface area contributed by atoms with E-state index in [4.69, 9.17) is 23.1 Å². The number of rotatable bonds is 5. The molecule has 16 heteroatoms. The van der Waals surface area contributed by atoms with Crippen LogP contribution >= 0.6 is 11.3 Å². The van der Waals surface area contributed by atoms with Crippen LogP contribution in [-0.2, 0) is 10.9 Å². The number of aromatic nitrogens is 2. The molecule has 0 saturated carbocycles. The maximum atomic E-state index is 17.0. The van der Waals surface area contributed by atoms with Crippen LogP contribution in [0.15, 0.2) is 12.1 Å². The van der Waals surface area contributed by atoms with Crippen LogP contribution in [0.2, 0.25) is 0 Å². The van der Waals surface area contributed by atoms with Gasteiger partial charge in [-0.3, -0.25) is 4.90 Å². The lowest BCUT2D eigenvalue weighted by molar-refractivity contribution is -0.137. The minimum atomic E-state index is -5.12. The van der Waals surface area contributed by atoms with E-state index < -0.39 is 57.2 Å². The summed E-state index contributed by atoms with van der Waals surface area (Å²) < 4.78 is 103. The molecule has 0 spiro atoms. The number of halogens is 6. The largest absolute Gasteiger partial charge is 0.461 e. The van der Waals surface area contributed by atoms with Gasteiger partial charge in [0, 0.05) is 48.8 Å². The fourth-order valence-corrected chi connectivity index (χ4v) is 8.73. The summed E-state index contributed by atoms with van der Waals surface area (Å²) in [5.41, 5.74) is 1.10. The van der Waals surface area contributed by atoms with Gasteiger partial charge in [0.15, 0.2) is 5.82 Å². The molecule has 5 aliphatic rings. The summed E-state index contributed by atoms with van der Waals surface area (Å²) in [6, 6.07) is 3.05. The Morgan fingerprint density at radius 3 is 2.62 bits per heavy atom. The zero-order valence-electron chi connectivity index (χ0n) is 24.6. The van der Waals surface area contributed by atoms with Gasteiger partial charge in [-0.25, -0.2) is 13.2 Å². The summed E-state index contributed by atoms with van der Waals surface area (Å²) in [6.45, 7) is 1.59. The first-order chi connectivity index (χ1) is 22.4. The number of nitriles is 1. The first kappa shape index (κ1) is 30.5. The number of nitrogens with two attached hydrogens (primary N) is 1. The van der Waals surface area contributed by atoms with Gasteiger partial charge in [-0.1, -0.05) is 5.46 Å². The molecule has 2 aromatic carbocycles. The van der Waals surface area contributed by atoms with Gasteiger partial charge in [0.05, 0.1) is 33.6 Å². The number of piperidine rings is 1. The number of fused-ring (bicyclic) bond motifs is 5. The van der Waals surface area contributed by atoms with Crippen molar-refractivity contribution in [3.05, 3.63) is 34.9 Å². The first-order valence-corrected chi connectivity index (χ1v) is 15.9. The molecule has 7 heterocycles. The average Bonchev–Trinajstić information content (AvgIpc) is 3.65. The predicted molar refractivity (Wildman–Crippen MR) is 164 cm³/mol. The van der Waals surface area contributed by atoms with Crippen molar-refractivity contribution < 1.29 is 35.8 Å². The number of benzene rings is 2. The van der Waals surface area contributed by atoms with Crippen molar-refractivity contribution in [2.24, 2.45) is 0 Å². The fourth-order valence-electron chi connectivity index (χ4n) is 7.80. The third-order valence-electron chi connectivity index (χ3n) is 9.82. The van der Waals surface area contributed by atoms with E-state index in [1.807, 2.05) is 4.90 Å². The summed E-state index contributed by atoms with van der Waals surface area (Å²) >= 11 is 0.650. The number of morpholine rings is 1. The van der Waals surface area contributed by atoms with E-state index in [-0.39, 0.29) is 69.6 Å². The number of hydrogen-bond acceptors (Lipinski definition) is 9. The summed E-state index contributed by atoms with van der Waals surface area (Å²) in [4.78, 5) is 12.5. The molecule has 4 aromatic rings. The molecule has 47 heavy (non-hydrogen) atoms. The smallest absolute Gasteiger partial charge is 0.417 e. The molecule has 4 unspecified atom stereocenters. The van der Waals surface area contributed by atoms with Gasteiger partial charge in [-0.05, 0) is 37.1 Å². The Hall–Kier alpha value is -3.81. The van der Waals surface area contributed by atoms with Crippen LogP contribution in [0.3, 0.4) is 0 Å². The topological polar surface area (TPSA) is 101 Å². The summed E-state index contributed by atoms with van der Waals surface area (Å²) in [5, 5.41) is 9.12. The zero-order chi connectivity index (χ0) is 33.0. The Morgan fingerprint density at radius 1 is 1.17 bits per heavy atom. The molecule has 9 rings (SSSR count). The standard InChI is InChI=1S/C31H25BF6N6O2S/c32-19-6-20(34)26-21(17(8-39)27(40)47-26)23(19)22-18(31(36,37)38)5-16-25(24(22)35)41-29(42-28(16)43-10-14-4-15(11-43)46-14)45-12-30-2-1-3-44(30)9-13(33)7-30/h5-6,13-15H,1-4,7,9-12,40H2. The number of nitrogen functional groups attached to an aromatic ring is 1. The van der Waals surface area contributed by atoms with Crippen LogP contribution in [0.1, 0.15) is 36.8 Å². The van der Waals surface area contributed by atoms with Crippen molar-refractivity contribution in [2.45, 2.75) is 55.8 Å². The predicted octanol–water partition coefficient (Wildman–Crippen LogP) is 4.99. The molecule has 8 nitrogen and oxygen atoms in total. The Morgan fingerprint density at radius 2 is 1.91 bits per heavy atom. The molecule has 2 N–H and O–H groups in total. The van der Waals surface area contributed by atoms with E-state index in [1.54, 1.807) is 11.0 Å². The van der Waals surface area contributed by atoms with E-state index in [0.29, 0.717) is 37.4 Å². The molecular formula is C31H25BF6N6O2S. The number of anilines is 2. The van der Waals surface area contributed by atoms with Crippen molar-refractivity contribution in [3.63, 3.8) is 0 Å². The van der Waals surface area contributed by atoms with Gasteiger partial charge >= 0.3 is 12.2 Å². The van der Waals surface area contributed by atoms with Crippen LogP contribution in [0.4, 0.5) is 37.2 Å². The summed E-state index contributed by atoms with van der Waals surface area (Å²) in [6.07, 6.45) is -3.93. The molecule has 242 valence electrons. The van der Waals surface area contributed by atoms with Crippen LogP contribution in [-0.4, -0.2) is 79.4 Å². The second-order valence-corrected chi connectivity index (χ2v) is 13.8. The van der Waals surface area contributed by atoms with Crippen LogP contribution < -0.4 is 20.8 Å². The minimum absolute atomic E-state index is 0.00703. The SMILES string of the molecule is [B]c1cc(F)c2sc(N)c(C#N)c2c1-c1c(C(F)(F)F)cc2c(N3CC4CC(C3)O4)nc(OCC34CCCN3CC(F)C4)nc2c1F. The highest BCUT2D eigenvalue weighted by molar-refractivity contribution is 7.23. The molecule has 5 fully saturated rings. The fraction of sp³-hybridized carbons (Fsp3) is 0.452. The lowest BCUT2D eigenvalue weighted by Gasteiger charge is -2.47. The van der Waals surface area contributed by atoms with E-state index >= 15 is 8.78 Å². The third kappa shape index (κ3) is 4.72. The van der Waals surface area contributed by atoms with Gasteiger partial charge in [-0.2, -0.15) is 28.4 Å². The highest BCUT2D eigenvalue weighted by Gasteiger charge is 2.49. The molecule has 0 amide bonds. The van der Waals surface area contributed by atoms with Crippen molar-refractivity contribution in [1.82, 2.24) is 14.9 Å². The number of hydrogen-bond donors (Lipinski definition) is 1. The van der Waals surface area contributed by atoms with Gasteiger partial charge in [0.2, 0.25) is 0 Å². The summed E-state index contributed by atoms with van der Waals surface area (Å²) in [5.74, 6) is -2.28. The van der Waals surface area contributed by atoms with Gasteiger partial charge in [0.25, 0.3) is 0 Å². The second-order valence-electron chi connectivity index (χ2n) is 12.7. The van der Waals surface area contributed by atoms with Crippen molar-refractivity contribution in [1.29, 1.82) is 5.26 Å². The molecule has 5 saturated heterocycles. The first-order valence-electron chi connectivity index (χ1n) is 15.1. The minimum Gasteiger partial charge on any atom is -0.461 e. The number of nitrogens with zero attached hydrogens (tertiary/aromatic N) is 5. The molecule has 2 bridgehead atoms. The highest BCUT2D eigenvalue weighted by atomic mass is 32.1. The Bertz CT molecular complexity index is 2000. The van der Waals surface area contributed by atoms with E-state index in [2.05, 4.69) is 9.97 Å². The third-order valence-corrected chi connectivity index (χ3v) is 10.8. The molecule has 0 aliphatic carbocycles. The molecule has 5 aliphatic heterocycles. The maximum Gasteiger partial charge on any atom is 0.417 e. The molecule has 2 radical (unpaired) electrons.